The Morgan fingerprint density at radius 3 is 2.53 bits per heavy atom. The summed E-state index contributed by atoms with van der Waals surface area (Å²) in [6.07, 6.45) is 1.69. The van der Waals surface area contributed by atoms with E-state index >= 15 is 0 Å². The van der Waals surface area contributed by atoms with Gasteiger partial charge in [0.2, 0.25) is 0 Å². The van der Waals surface area contributed by atoms with Crippen LogP contribution in [-0.2, 0) is 6.54 Å². The van der Waals surface area contributed by atoms with Crippen molar-refractivity contribution in [2.75, 3.05) is 18.0 Å². The summed E-state index contributed by atoms with van der Waals surface area (Å²) in [6, 6.07) is 12.1. The van der Waals surface area contributed by atoms with E-state index < -0.39 is 0 Å². The molecule has 1 heterocycles. The predicted molar refractivity (Wildman–Crippen MR) is 73.0 cm³/mol. The second-order valence-corrected chi connectivity index (χ2v) is 4.68. The van der Waals surface area contributed by atoms with Crippen molar-refractivity contribution in [1.82, 2.24) is 0 Å². The van der Waals surface area contributed by atoms with E-state index in [1.807, 2.05) is 24.3 Å². The Labute approximate surface area is 109 Å². The summed E-state index contributed by atoms with van der Waals surface area (Å²) in [5, 5.41) is 0. The number of halogens is 1. The van der Waals surface area contributed by atoms with Crippen LogP contribution in [0.5, 0.6) is 0 Å². The Hall–Kier alpha value is -1.26. The SMILES string of the molecule is NCCN(Cc1ccco1)c1ccc(Br)cc1. The molecule has 0 saturated carbocycles. The van der Waals surface area contributed by atoms with Crippen LogP contribution in [0.4, 0.5) is 5.69 Å². The van der Waals surface area contributed by atoms with Gasteiger partial charge in [0.25, 0.3) is 0 Å². The van der Waals surface area contributed by atoms with Crippen LogP contribution >= 0.6 is 15.9 Å². The standard InChI is InChI=1S/C13H15BrN2O/c14-11-3-5-12(6-4-11)16(8-7-15)10-13-2-1-9-17-13/h1-6,9H,7-8,10,15H2. The number of hydrogen-bond donors (Lipinski definition) is 1. The van der Waals surface area contributed by atoms with E-state index in [-0.39, 0.29) is 0 Å². The molecule has 0 atom stereocenters. The molecule has 0 unspecified atom stereocenters. The van der Waals surface area contributed by atoms with Gasteiger partial charge in [0.15, 0.2) is 0 Å². The van der Waals surface area contributed by atoms with Crippen LogP contribution in [0.15, 0.2) is 51.6 Å². The molecule has 4 heteroatoms. The van der Waals surface area contributed by atoms with Crippen LogP contribution in [0.3, 0.4) is 0 Å². The van der Waals surface area contributed by atoms with Crippen molar-refractivity contribution in [3.63, 3.8) is 0 Å². The topological polar surface area (TPSA) is 42.4 Å². The number of nitrogens with two attached hydrogens (primary N) is 1. The number of furan rings is 1. The summed E-state index contributed by atoms with van der Waals surface area (Å²) in [7, 11) is 0. The van der Waals surface area contributed by atoms with Crippen LogP contribution in [0.25, 0.3) is 0 Å². The first-order chi connectivity index (χ1) is 8.29. The number of anilines is 1. The molecule has 0 amide bonds. The minimum absolute atomic E-state index is 0.622. The molecule has 1 aromatic carbocycles. The Kier molecular flexibility index (Phi) is 4.23. The zero-order valence-corrected chi connectivity index (χ0v) is 11.1. The highest BCUT2D eigenvalue weighted by Crippen LogP contribution is 2.20. The van der Waals surface area contributed by atoms with E-state index in [1.165, 1.54) is 0 Å². The third kappa shape index (κ3) is 3.35. The maximum absolute atomic E-state index is 5.64. The number of hydrogen-bond acceptors (Lipinski definition) is 3. The zero-order valence-electron chi connectivity index (χ0n) is 9.47. The normalized spacial score (nSPS) is 10.5. The first kappa shape index (κ1) is 12.2. The molecule has 0 aliphatic rings. The van der Waals surface area contributed by atoms with E-state index in [1.54, 1.807) is 6.26 Å². The molecular weight excluding hydrogens is 280 g/mol. The summed E-state index contributed by atoms with van der Waals surface area (Å²) in [5.41, 5.74) is 6.79. The van der Waals surface area contributed by atoms with Gasteiger partial charge in [-0.2, -0.15) is 0 Å². The van der Waals surface area contributed by atoms with Gasteiger partial charge in [0.05, 0.1) is 12.8 Å². The minimum Gasteiger partial charge on any atom is -0.467 e. The van der Waals surface area contributed by atoms with Crippen LogP contribution in [0, 0.1) is 0 Å². The average molecular weight is 295 g/mol. The molecule has 2 rings (SSSR count). The van der Waals surface area contributed by atoms with Crippen molar-refractivity contribution in [3.05, 3.63) is 52.9 Å². The molecular formula is C13H15BrN2O. The summed E-state index contributed by atoms with van der Waals surface area (Å²) in [4.78, 5) is 2.20. The maximum Gasteiger partial charge on any atom is 0.123 e. The van der Waals surface area contributed by atoms with Gasteiger partial charge in [0, 0.05) is 23.2 Å². The van der Waals surface area contributed by atoms with Gasteiger partial charge >= 0.3 is 0 Å². The van der Waals surface area contributed by atoms with Gasteiger partial charge in [-0.05, 0) is 36.4 Å². The van der Waals surface area contributed by atoms with Crippen molar-refractivity contribution in [2.45, 2.75) is 6.54 Å². The molecule has 0 saturated heterocycles. The zero-order chi connectivity index (χ0) is 12.1. The first-order valence-corrected chi connectivity index (χ1v) is 6.32. The van der Waals surface area contributed by atoms with E-state index in [0.717, 1.165) is 29.0 Å². The van der Waals surface area contributed by atoms with Crippen LogP contribution < -0.4 is 10.6 Å². The molecule has 90 valence electrons. The summed E-state index contributed by atoms with van der Waals surface area (Å²) < 4.78 is 6.44. The Morgan fingerprint density at radius 1 is 1.18 bits per heavy atom. The fourth-order valence-electron chi connectivity index (χ4n) is 1.70. The third-order valence-corrected chi connectivity index (χ3v) is 3.05. The van der Waals surface area contributed by atoms with Crippen LogP contribution in [0.1, 0.15) is 5.76 Å². The molecule has 0 aliphatic carbocycles. The van der Waals surface area contributed by atoms with Gasteiger partial charge in [-0.3, -0.25) is 0 Å². The van der Waals surface area contributed by atoms with Gasteiger partial charge < -0.3 is 15.1 Å². The summed E-state index contributed by atoms with van der Waals surface area (Å²) in [5.74, 6) is 0.946. The molecule has 17 heavy (non-hydrogen) atoms. The molecule has 0 spiro atoms. The number of benzene rings is 1. The van der Waals surface area contributed by atoms with E-state index in [4.69, 9.17) is 10.2 Å². The fraction of sp³-hybridized carbons (Fsp3) is 0.231. The highest BCUT2D eigenvalue weighted by atomic mass is 79.9. The van der Waals surface area contributed by atoms with Crippen molar-refractivity contribution in [1.29, 1.82) is 0 Å². The highest BCUT2D eigenvalue weighted by Gasteiger charge is 2.07. The second kappa shape index (κ2) is 5.89. The Balaban J connectivity index is 2.13. The van der Waals surface area contributed by atoms with E-state index in [2.05, 4.69) is 33.0 Å². The molecule has 0 bridgehead atoms. The molecule has 0 radical (unpaired) electrons. The monoisotopic (exact) mass is 294 g/mol. The lowest BCUT2D eigenvalue weighted by Crippen LogP contribution is -2.28. The Morgan fingerprint density at radius 2 is 1.94 bits per heavy atom. The quantitative estimate of drug-likeness (QED) is 0.922. The lowest BCUT2D eigenvalue weighted by Gasteiger charge is -2.23. The molecule has 0 fully saturated rings. The summed E-state index contributed by atoms with van der Waals surface area (Å²) in [6.45, 7) is 2.17. The number of nitrogens with zero attached hydrogens (tertiary/aromatic N) is 1. The van der Waals surface area contributed by atoms with Crippen molar-refractivity contribution in [3.8, 4) is 0 Å². The summed E-state index contributed by atoms with van der Waals surface area (Å²) >= 11 is 3.43. The maximum atomic E-state index is 5.64. The number of rotatable bonds is 5. The lowest BCUT2D eigenvalue weighted by molar-refractivity contribution is 0.502. The van der Waals surface area contributed by atoms with Crippen molar-refractivity contribution >= 4 is 21.6 Å². The largest absolute Gasteiger partial charge is 0.467 e. The van der Waals surface area contributed by atoms with Crippen LogP contribution in [0.2, 0.25) is 0 Å². The van der Waals surface area contributed by atoms with Gasteiger partial charge in [0.1, 0.15) is 5.76 Å². The predicted octanol–water partition coefficient (Wildman–Crippen LogP) is 3.01. The van der Waals surface area contributed by atoms with Crippen LogP contribution in [-0.4, -0.2) is 13.1 Å². The lowest BCUT2D eigenvalue weighted by atomic mass is 10.2. The molecule has 2 N–H and O–H groups in total. The second-order valence-electron chi connectivity index (χ2n) is 3.77. The van der Waals surface area contributed by atoms with E-state index in [9.17, 15) is 0 Å². The molecule has 2 aromatic rings. The van der Waals surface area contributed by atoms with Gasteiger partial charge in [-0.1, -0.05) is 15.9 Å². The third-order valence-electron chi connectivity index (χ3n) is 2.52. The van der Waals surface area contributed by atoms with Gasteiger partial charge in [-0.25, -0.2) is 0 Å². The van der Waals surface area contributed by atoms with E-state index in [0.29, 0.717) is 6.54 Å². The average Bonchev–Trinajstić information content (AvgIpc) is 2.82. The fourth-order valence-corrected chi connectivity index (χ4v) is 1.96. The molecule has 3 nitrogen and oxygen atoms in total. The molecule has 0 aliphatic heterocycles. The van der Waals surface area contributed by atoms with Gasteiger partial charge in [-0.15, -0.1) is 0 Å². The smallest absolute Gasteiger partial charge is 0.123 e. The molecule has 1 aromatic heterocycles. The Bertz CT molecular complexity index is 439. The highest BCUT2D eigenvalue weighted by molar-refractivity contribution is 9.10. The van der Waals surface area contributed by atoms with Crippen molar-refractivity contribution in [2.24, 2.45) is 5.73 Å². The first-order valence-electron chi connectivity index (χ1n) is 5.52. The minimum atomic E-state index is 0.622. The van der Waals surface area contributed by atoms with Crippen molar-refractivity contribution < 1.29 is 4.42 Å².